The molecule has 1 saturated carbocycles. The molecule has 2 aromatic carbocycles. The zero-order valence-corrected chi connectivity index (χ0v) is 25.7. The van der Waals surface area contributed by atoms with E-state index in [0.29, 0.717) is 44.6 Å². The third-order valence-electron chi connectivity index (χ3n) is 6.99. The van der Waals surface area contributed by atoms with Crippen LogP contribution >= 0.6 is 11.3 Å². The molecule has 46 heavy (non-hydrogen) atoms. The Morgan fingerprint density at radius 1 is 0.935 bits per heavy atom. The largest absolute Gasteiger partial charge is 0.416 e. The Morgan fingerprint density at radius 3 is 2.43 bits per heavy atom. The number of anilines is 5. The van der Waals surface area contributed by atoms with Gasteiger partial charge >= 0.3 is 6.18 Å². The number of hydrogen-bond donors (Lipinski definition) is 4. The number of rotatable bonds is 9. The number of nitrogens with zero attached hydrogens (tertiary/aromatic N) is 5. The number of hydrogen-bond acceptors (Lipinski definition) is 9. The Labute approximate surface area is 265 Å². The molecule has 4 N–H and O–H groups in total. The lowest BCUT2D eigenvalue weighted by Gasteiger charge is -2.14. The van der Waals surface area contributed by atoms with Crippen LogP contribution in [0.25, 0.3) is 5.69 Å². The van der Waals surface area contributed by atoms with Gasteiger partial charge in [0.1, 0.15) is 22.3 Å². The maximum Gasteiger partial charge on any atom is 0.416 e. The lowest BCUT2D eigenvalue weighted by molar-refractivity contribution is -0.137. The number of halogens is 3. The van der Waals surface area contributed by atoms with Crippen molar-refractivity contribution in [3.05, 3.63) is 94.3 Å². The van der Waals surface area contributed by atoms with Gasteiger partial charge in [-0.3, -0.25) is 9.59 Å². The smallest absolute Gasteiger partial charge is 0.367 e. The van der Waals surface area contributed by atoms with Crippen LogP contribution in [-0.2, 0) is 6.18 Å². The summed E-state index contributed by atoms with van der Waals surface area (Å²) in [5.74, 6) is 0.677. The molecule has 11 nitrogen and oxygen atoms in total. The number of carbonyl (C=O) groups excluding carboxylic acids is 2. The highest BCUT2D eigenvalue weighted by atomic mass is 32.1. The zero-order chi connectivity index (χ0) is 32.6. The van der Waals surface area contributed by atoms with Gasteiger partial charge in [-0.05, 0) is 69.5 Å². The number of imidazole rings is 1. The van der Waals surface area contributed by atoms with Crippen molar-refractivity contribution in [2.24, 2.45) is 0 Å². The van der Waals surface area contributed by atoms with E-state index in [1.54, 1.807) is 45.2 Å². The van der Waals surface area contributed by atoms with Gasteiger partial charge in [-0.2, -0.15) is 13.2 Å². The summed E-state index contributed by atoms with van der Waals surface area (Å²) in [4.78, 5) is 43.8. The number of aromatic nitrogens is 5. The first-order valence-electron chi connectivity index (χ1n) is 14.2. The minimum absolute atomic E-state index is 0.140. The van der Waals surface area contributed by atoms with Gasteiger partial charge in [0.2, 0.25) is 0 Å². The van der Waals surface area contributed by atoms with Crippen LogP contribution in [0.1, 0.15) is 55.5 Å². The molecule has 0 unspecified atom stereocenters. The molecule has 6 rings (SSSR count). The molecular weight excluding hydrogens is 619 g/mol. The highest BCUT2D eigenvalue weighted by Gasteiger charge is 2.32. The predicted molar refractivity (Wildman–Crippen MR) is 169 cm³/mol. The highest BCUT2D eigenvalue weighted by molar-refractivity contribution is 7.17. The number of alkyl halides is 3. The first kappa shape index (κ1) is 30.7. The molecule has 1 aliphatic carbocycles. The molecule has 1 fully saturated rings. The van der Waals surface area contributed by atoms with Gasteiger partial charge in [-0.15, -0.1) is 0 Å². The summed E-state index contributed by atoms with van der Waals surface area (Å²) in [6.45, 7) is 5.28. The molecule has 3 heterocycles. The maximum atomic E-state index is 13.7. The molecule has 0 spiro atoms. The summed E-state index contributed by atoms with van der Waals surface area (Å²) in [6.07, 6.45) is 1.92. The van der Waals surface area contributed by atoms with Gasteiger partial charge in [-0.25, -0.2) is 19.9 Å². The second-order valence-electron chi connectivity index (χ2n) is 10.9. The van der Waals surface area contributed by atoms with Crippen LogP contribution in [0.5, 0.6) is 0 Å². The maximum absolute atomic E-state index is 13.7. The quantitative estimate of drug-likeness (QED) is 0.136. The van der Waals surface area contributed by atoms with Crippen LogP contribution in [0.4, 0.5) is 41.3 Å². The van der Waals surface area contributed by atoms with E-state index in [4.69, 9.17) is 0 Å². The number of amides is 2. The fourth-order valence-electron chi connectivity index (χ4n) is 4.53. The Morgan fingerprint density at radius 2 is 1.72 bits per heavy atom. The van der Waals surface area contributed by atoms with E-state index in [2.05, 4.69) is 41.2 Å². The van der Waals surface area contributed by atoms with Gasteiger partial charge in [-0.1, -0.05) is 17.4 Å². The van der Waals surface area contributed by atoms with Crippen molar-refractivity contribution in [2.45, 2.75) is 45.8 Å². The van der Waals surface area contributed by atoms with Crippen LogP contribution in [-0.4, -0.2) is 42.4 Å². The summed E-state index contributed by atoms with van der Waals surface area (Å²) >= 11 is 1.13. The molecule has 236 valence electrons. The van der Waals surface area contributed by atoms with Gasteiger partial charge < -0.3 is 25.8 Å². The molecule has 0 saturated heterocycles. The molecule has 0 radical (unpaired) electrons. The van der Waals surface area contributed by atoms with E-state index in [-0.39, 0.29) is 16.9 Å². The molecule has 1 aliphatic rings. The van der Waals surface area contributed by atoms with Crippen molar-refractivity contribution in [2.75, 3.05) is 21.3 Å². The van der Waals surface area contributed by atoms with E-state index in [9.17, 15) is 22.8 Å². The summed E-state index contributed by atoms with van der Waals surface area (Å²) in [5.41, 5.74) is 0.985. The minimum Gasteiger partial charge on any atom is -0.367 e. The van der Waals surface area contributed by atoms with Crippen LogP contribution in [0.2, 0.25) is 0 Å². The molecule has 2 amide bonds. The lowest BCUT2D eigenvalue weighted by atomic mass is 10.1. The summed E-state index contributed by atoms with van der Waals surface area (Å²) in [5, 5.41) is 12.4. The molecule has 15 heteroatoms. The average molecular weight is 648 g/mol. The molecular formula is C31H28F3N9O2S. The highest BCUT2D eigenvalue weighted by Crippen LogP contribution is 2.32. The summed E-state index contributed by atoms with van der Waals surface area (Å²) < 4.78 is 42.5. The third-order valence-corrected chi connectivity index (χ3v) is 7.90. The van der Waals surface area contributed by atoms with E-state index >= 15 is 0 Å². The van der Waals surface area contributed by atoms with E-state index < -0.39 is 23.6 Å². The molecule has 3 aromatic heterocycles. The zero-order valence-electron chi connectivity index (χ0n) is 24.9. The molecule has 0 aliphatic heterocycles. The summed E-state index contributed by atoms with van der Waals surface area (Å²) in [6, 6.07) is 10.1. The Bertz CT molecular complexity index is 1950. The Balaban J connectivity index is 1.16. The Kier molecular flexibility index (Phi) is 8.17. The minimum atomic E-state index is -4.67. The molecule has 5 aromatic rings. The third kappa shape index (κ3) is 7.31. The number of thiazole rings is 1. The fourth-order valence-corrected chi connectivity index (χ4v) is 5.25. The van der Waals surface area contributed by atoms with Crippen molar-refractivity contribution < 1.29 is 22.8 Å². The van der Waals surface area contributed by atoms with E-state index in [0.717, 1.165) is 42.1 Å². The van der Waals surface area contributed by atoms with Gasteiger partial charge in [0.25, 0.3) is 11.8 Å². The van der Waals surface area contributed by atoms with E-state index in [1.807, 2.05) is 0 Å². The van der Waals surface area contributed by atoms with Gasteiger partial charge in [0.05, 0.1) is 23.8 Å². The number of nitrogens with one attached hydrogen (secondary N) is 4. The van der Waals surface area contributed by atoms with Gasteiger partial charge in [0.15, 0.2) is 5.13 Å². The molecule has 0 atom stereocenters. The van der Waals surface area contributed by atoms with Crippen molar-refractivity contribution in [3.8, 4) is 5.69 Å². The molecule has 0 bridgehead atoms. The SMILES string of the molecule is Cc1cn(-c2cc(C(=O)Nc3ccc(C)c(NC(=O)c4cnc(Nc5cc(NC6CC6)nc(C)n5)s4)c3)cc(C(F)(F)F)c2)cn1. The van der Waals surface area contributed by atoms with Crippen LogP contribution in [0.15, 0.2) is 61.2 Å². The number of carbonyl (C=O) groups is 2. The average Bonchev–Trinajstić information content (AvgIpc) is 3.49. The standard InChI is InChI=1S/C31H28F3N9O2S/c1-16-4-5-22(40-28(44)19-8-20(31(32,33)34)10-23(9-19)43-14-17(2)36-15-43)11-24(16)41-29(45)25-13-35-30(46-25)42-27-12-26(37-18(3)38-27)39-21-6-7-21/h4-5,8-15,21H,6-7H2,1-3H3,(H,40,44)(H,41,45)(H2,35,37,38,39,42). The van der Waals surface area contributed by atoms with Crippen molar-refractivity contribution in [1.82, 2.24) is 24.5 Å². The lowest BCUT2D eigenvalue weighted by Crippen LogP contribution is -2.16. The predicted octanol–water partition coefficient (Wildman–Crippen LogP) is 6.89. The number of benzene rings is 2. The topological polar surface area (TPSA) is 139 Å². The first-order chi connectivity index (χ1) is 21.9. The van der Waals surface area contributed by atoms with Crippen molar-refractivity contribution in [1.29, 1.82) is 0 Å². The fraction of sp³-hybridized carbons (Fsp3) is 0.226. The van der Waals surface area contributed by atoms with Crippen molar-refractivity contribution in [3.63, 3.8) is 0 Å². The van der Waals surface area contributed by atoms with Gasteiger partial charge in [0, 0.05) is 40.9 Å². The Hall–Kier alpha value is -5.31. The second kappa shape index (κ2) is 12.2. The number of aryl methyl sites for hydroxylation is 3. The van der Waals surface area contributed by atoms with Crippen molar-refractivity contribution >= 4 is 51.3 Å². The van der Waals surface area contributed by atoms with Crippen LogP contribution in [0.3, 0.4) is 0 Å². The van der Waals surface area contributed by atoms with E-state index in [1.165, 1.54) is 29.2 Å². The summed E-state index contributed by atoms with van der Waals surface area (Å²) in [7, 11) is 0. The second-order valence-corrected chi connectivity index (χ2v) is 11.9. The monoisotopic (exact) mass is 647 g/mol. The van der Waals surface area contributed by atoms with Crippen LogP contribution in [0, 0.1) is 20.8 Å². The normalized spacial score (nSPS) is 12.9. The first-order valence-corrected chi connectivity index (χ1v) is 15.0. The van der Waals surface area contributed by atoms with Crippen LogP contribution < -0.4 is 21.3 Å².